The lowest BCUT2D eigenvalue weighted by molar-refractivity contribution is -0.156. The Balaban J connectivity index is 1.65. The van der Waals surface area contributed by atoms with Gasteiger partial charge in [0.15, 0.2) is 5.78 Å². The van der Waals surface area contributed by atoms with Crippen molar-refractivity contribution in [2.24, 2.45) is 23.7 Å². The van der Waals surface area contributed by atoms with Gasteiger partial charge in [-0.2, -0.15) is 0 Å². The Hall–Kier alpha value is -4.88. The number of hydrazine groups is 1. The number of hydrogen-bond acceptors (Lipinski definition) is 10. The molecule has 1 aliphatic carbocycles. The summed E-state index contributed by atoms with van der Waals surface area (Å²) in [6, 6.07) is 2.57. The lowest BCUT2D eigenvalue weighted by Gasteiger charge is -2.36. The van der Waals surface area contributed by atoms with Crippen molar-refractivity contribution in [2.75, 3.05) is 6.54 Å². The fourth-order valence-electron chi connectivity index (χ4n) is 8.16. The van der Waals surface area contributed by atoms with Crippen LogP contribution in [0.3, 0.4) is 0 Å². The van der Waals surface area contributed by atoms with Crippen molar-refractivity contribution in [1.82, 2.24) is 21.1 Å². The number of carbonyl (C=O) groups is 6. The average Bonchev–Trinajstić information content (AvgIpc) is 3.24. The highest BCUT2D eigenvalue weighted by Gasteiger charge is 2.38. The topological polar surface area (TPSA) is 191 Å². The number of Topliss-reactive ketones (excluding diaryl/α,β-unsaturated/α-hetero) is 1. The van der Waals surface area contributed by atoms with E-state index in [0.29, 0.717) is 38.0 Å². The first-order valence-electron chi connectivity index (χ1n) is 22.2. The Bertz CT molecular complexity index is 1800. The van der Waals surface area contributed by atoms with Crippen LogP contribution in [0.15, 0.2) is 72.4 Å². The fourth-order valence-corrected chi connectivity index (χ4v) is 8.16. The van der Waals surface area contributed by atoms with E-state index >= 15 is 0 Å². The van der Waals surface area contributed by atoms with E-state index in [2.05, 4.69) is 16.1 Å². The van der Waals surface area contributed by atoms with E-state index in [4.69, 9.17) is 4.74 Å². The molecule has 0 aromatic heterocycles. The predicted molar refractivity (Wildman–Crippen MR) is 233 cm³/mol. The van der Waals surface area contributed by atoms with Crippen LogP contribution in [0.1, 0.15) is 130 Å². The summed E-state index contributed by atoms with van der Waals surface area (Å²) in [7, 11) is 0. The summed E-state index contributed by atoms with van der Waals surface area (Å²) in [5.74, 6) is -3.90. The van der Waals surface area contributed by atoms with Crippen LogP contribution in [-0.2, 0) is 33.5 Å². The highest BCUT2D eigenvalue weighted by Crippen LogP contribution is 2.28. The van der Waals surface area contributed by atoms with Crippen LogP contribution in [0.2, 0.25) is 0 Å². The van der Waals surface area contributed by atoms with Gasteiger partial charge in [0, 0.05) is 25.8 Å². The van der Waals surface area contributed by atoms with Gasteiger partial charge in [0.2, 0.25) is 11.8 Å². The molecule has 0 spiro atoms. The molecule has 61 heavy (non-hydrogen) atoms. The first-order valence-corrected chi connectivity index (χ1v) is 22.2. The number of aromatic hydroxyl groups is 1. The number of hydrogen-bond donors (Lipinski definition) is 5. The molecule has 13 nitrogen and oxygen atoms in total. The number of carbonyl (C=O) groups excluding carboxylic acids is 6. The molecule has 7 atom stereocenters. The van der Waals surface area contributed by atoms with Crippen LogP contribution in [0, 0.1) is 23.7 Å². The van der Waals surface area contributed by atoms with E-state index in [0.717, 1.165) is 12.0 Å². The van der Waals surface area contributed by atoms with Crippen molar-refractivity contribution in [3.8, 4) is 5.75 Å². The van der Waals surface area contributed by atoms with Crippen LogP contribution in [0.25, 0.3) is 0 Å². The number of nitrogens with zero attached hydrogens (tertiary/aromatic N) is 1. The highest BCUT2D eigenvalue weighted by molar-refractivity contribution is 5.93. The number of amides is 3. The monoisotopic (exact) mass is 844 g/mol. The summed E-state index contributed by atoms with van der Waals surface area (Å²) in [5.41, 5.74) is 4.01. The molecule has 0 radical (unpaired) electrons. The molecule has 5 N–H and O–H groups in total. The summed E-state index contributed by atoms with van der Waals surface area (Å²) < 4.78 is 6.11. The van der Waals surface area contributed by atoms with Gasteiger partial charge < -0.3 is 30.4 Å². The number of nitrogens with one attached hydrogen (secondary N) is 3. The fraction of sp³-hybridized carbons (Fsp3) is 0.583. The van der Waals surface area contributed by atoms with Gasteiger partial charge in [-0.1, -0.05) is 101 Å². The molecule has 4 rings (SSSR count). The quantitative estimate of drug-likeness (QED) is 0.0944. The Morgan fingerprint density at radius 3 is 2.33 bits per heavy atom. The summed E-state index contributed by atoms with van der Waals surface area (Å²) >= 11 is 0. The molecule has 1 aromatic rings. The van der Waals surface area contributed by atoms with Crippen molar-refractivity contribution in [3.63, 3.8) is 0 Å². The average molecular weight is 845 g/mol. The number of phenols is 1. The summed E-state index contributed by atoms with van der Waals surface area (Å²) in [6.07, 6.45) is 19.7. The third kappa shape index (κ3) is 15.5. The second-order valence-corrected chi connectivity index (χ2v) is 17.4. The van der Waals surface area contributed by atoms with Gasteiger partial charge in [-0.25, -0.2) is 5.43 Å². The van der Waals surface area contributed by atoms with Gasteiger partial charge in [0.25, 0.3) is 5.91 Å². The van der Waals surface area contributed by atoms with E-state index in [1.165, 1.54) is 56.2 Å². The zero-order chi connectivity index (χ0) is 44.5. The lowest BCUT2D eigenvalue weighted by atomic mass is 9.85. The number of ether oxygens (including phenoxy) is 1. The number of ketones is 2. The molecule has 1 saturated carbocycles. The molecule has 3 aliphatic rings. The molecule has 334 valence electrons. The van der Waals surface area contributed by atoms with Crippen LogP contribution >= 0.6 is 0 Å². The molecular weight excluding hydrogens is 777 g/mol. The molecular formula is C48H68N4O9. The standard InChI is InChI=1S/C48H68N4O9/c1-31(2)42-46(58)50-43(36-20-14-22-38(55)30-36)47(59)52-29-15-23-40(51-52)48(60)61-41(32(3)17-13-21-37(54)27-26-35-18-10-8-11-19-35)24-12-7-6-9-16-33(4)44(56)39(45(57)49-42)28-25-34(5)53/h6-7,9,12-14,17,20-22,30-31,33,35,39-44,51,55-56H,8,10-11,15-16,18-19,23-29H2,1-5H3,(H,49,57)(H,50,58)/b9-6+,12-7+,21-13+,32-17+/t33-,39+,40?,41-,42-,43?,44+/m0/s1. The van der Waals surface area contributed by atoms with Crippen molar-refractivity contribution >= 4 is 35.3 Å². The normalized spacial score (nSPS) is 28.3. The van der Waals surface area contributed by atoms with Gasteiger partial charge in [0.1, 0.15) is 35.8 Å². The molecule has 2 bridgehead atoms. The number of benzene rings is 1. The lowest BCUT2D eigenvalue weighted by Crippen LogP contribution is -2.59. The number of cyclic esters (lactones) is 1. The number of esters is 1. The maximum Gasteiger partial charge on any atom is 0.325 e. The van der Waals surface area contributed by atoms with E-state index in [-0.39, 0.29) is 42.3 Å². The first kappa shape index (κ1) is 48.8. The van der Waals surface area contributed by atoms with Gasteiger partial charge in [0.05, 0.1) is 12.0 Å². The Morgan fingerprint density at radius 1 is 0.918 bits per heavy atom. The number of fused-ring (bicyclic) bond motifs is 2. The second kappa shape index (κ2) is 24.5. The Kier molecular flexibility index (Phi) is 19.6. The van der Waals surface area contributed by atoms with Crippen molar-refractivity contribution in [2.45, 2.75) is 148 Å². The number of allylic oxidation sites excluding steroid dienone is 6. The van der Waals surface area contributed by atoms with Gasteiger partial charge in [-0.3, -0.25) is 29.0 Å². The molecule has 2 aliphatic heterocycles. The second-order valence-electron chi connectivity index (χ2n) is 17.4. The van der Waals surface area contributed by atoms with E-state index in [1.807, 2.05) is 38.2 Å². The third-order valence-electron chi connectivity index (χ3n) is 12.0. The van der Waals surface area contributed by atoms with Crippen molar-refractivity contribution in [1.29, 1.82) is 0 Å². The molecule has 1 saturated heterocycles. The highest BCUT2D eigenvalue weighted by atomic mass is 16.5. The van der Waals surface area contributed by atoms with E-state index in [9.17, 15) is 39.0 Å². The summed E-state index contributed by atoms with van der Waals surface area (Å²) in [6.45, 7) is 8.75. The molecule has 3 amide bonds. The number of phenolic OH excluding ortho intramolecular Hbond substituents is 1. The Morgan fingerprint density at radius 2 is 1.64 bits per heavy atom. The minimum Gasteiger partial charge on any atom is -0.508 e. The summed E-state index contributed by atoms with van der Waals surface area (Å²) in [5, 5.41) is 28.7. The summed E-state index contributed by atoms with van der Waals surface area (Å²) in [4.78, 5) is 81.0. The Labute approximate surface area is 361 Å². The minimum absolute atomic E-state index is 0.0560. The number of aliphatic hydroxyl groups is 1. The van der Waals surface area contributed by atoms with Crippen LogP contribution < -0.4 is 16.1 Å². The van der Waals surface area contributed by atoms with Gasteiger partial charge >= 0.3 is 5.97 Å². The minimum atomic E-state index is -1.33. The molecule has 2 fully saturated rings. The van der Waals surface area contributed by atoms with E-state index in [1.54, 1.807) is 44.2 Å². The van der Waals surface area contributed by atoms with Crippen LogP contribution in [0.5, 0.6) is 5.75 Å². The number of aliphatic hydroxyl groups excluding tert-OH is 1. The van der Waals surface area contributed by atoms with Gasteiger partial charge in [-0.15, -0.1) is 0 Å². The zero-order valence-corrected chi connectivity index (χ0v) is 36.6. The van der Waals surface area contributed by atoms with Gasteiger partial charge in [-0.05, 0) is 93.1 Å². The van der Waals surface area contributed by atoms with E-state index < -0.39 is 71.8 Å². The largest absolute Gasteiger partial charge is 0.508 e. The molecule has 1 aromatic carbocycles. The smallest absolute Gasteiger partial charge is 0.325 e. The van der Waals surface area contributed by atoms with Crippen molar-refractivity contribution in [3.05, 3.63) is 77.9 Å². The molecule has 2 heterocycles. The third-order valence-corrected chi connectivity index (χ3v) is 12.0. The molecule has 2 unspecified atom stereocenters. The van der Waals surface area contributed by atoms with Crippen LogP contribution in [-0.4, -0.2) is 81.3 Å². The van der Waals surface area contributed by atoms with Crippen molar-refractivity contribution < 1.29 is 43.7 Å². The maximum atomic E-state index is 14.4. The zero-order valence-electron chi connectivity index (χ0n) is 36.6. The number of rotatable bonds is 11. The first-order chi connectivity index (χ1) is 29.1. The maximum absolute atomic E-state index is 14.4. The molecule has 13 heteroatoms. The van der Waals surface area contributed by atoms with Crippen LogP contribution in [0.4, 0.5) is 0 Å². The SMILES string of the molecule is CC(=O)CC[C@H]1C(=O)N[C@@H](C(C)C)C(=O)NC(c2cccc(O)c2)C(=O)N2CCCC(N2)C(=O)O[C@H](/C(C)=C/C=C/C(=O)CCC2CCCCC2)C/C=C/C=C/C[C@H](C)[C@H]1O. The predicted octanol–water partition coefficient (Wildman–Crippen LogP) is 6.42.